The van der Waals surface area contributed by atoms with Gasteiger partial charge in [-0.05, 0) is 24.3 Å². The van der Waals surface area contributed by atoms with Gasteiger partial charge in [-0.15, -0.1) is 0 Å². The number of carboxylic acid groups (broad SMARTS) is 2. The topological polar surface area (TPSA) is 182 Å². The standard InChI is InChI=1S/C9H6O5.B2H4O5/c10-7(9(13)14)5-1-3-6(4-2-5)8(11)12;3-1(4)7-2(5)6/h1-4H,(H,11,12)(H,13,14);3-6H. The molecule has 0 fully saturated rings. The molecule has 6 N–H and O–H groups in total. The van der Waals surface area contributed by atoms with Crippen LogP contribution in [-0.4, -0.2) is 62.7 Å². The third kappa shape index (κ3) is 7.81. The summed E-state index contributed by atoms with van der Waals surface area (Å²) in [5, 5.41) is 47.8. The molecule has 12 heteroatoms. The molecule has 1 aromatic rings. The Morgan fingerprint density at radius 2 is 1.19 bits per heavy atom. The van der Waals surface area contributed by atoms with E-state index in [9.17, 15) is 14.4 Å². The molecule has 0 saturated carbocycles. The minimum Gasteiger partial charge on any atom is -0.478 e. The fourth-order valence-electron chi connectivity index (χ4n) is 0.997. The van der Waals surface area contributed by atoms with E-state index in [2.05, 4.69) is 4.57 Å². The minimum atomic E-state index is -2.13. The number of hydrogen-bond acceptors (Lipinski definition) is 8. The first kappa shape index (κ1) is 18.8. The average molecular weight is 300 g/mol. The minimum absolute atomic E-state index is 0.00642. The van der Waals surface area contributed by atoms with Crippen LogP contribution in [0.2, 0.25) is 0 Å². The Bertz CT molecular complexity index is 492. The second kappa shape index (κ2) is 8.84. The van der Waals surface area contributed by atoms with Crippen LogP contribution in [0.1, 0.15) is 20.7 Å². The number of carbonyl (C=O) groups is 3. The number of Topliss-reactive ketones (excluding diaryl/α,β-unsaturated/α-hetero) is 1. The van der Waals surface area contributed by atoms with Crippen molar-refractivity contribution in [2.75, 3.05) is 0 Å². The van der Waals surface area contributed by atoms with Crippen LogP contribution in [0, 0.1) is 0 Å². The molecule has 0 atom stereocenters. The lowest BCUT2D eigenvalue weighted by molar-refractivity contribution is -0.131. The molecule has 0 aliphatic heterocycles. The Hall–Kier alpha value is -2.24. The number of ketones is 1. The van der Waals surface area contributed by atoms with Crippen LogP contribution in [0.3, 0.4) is 0 Å². The van der Waals surface area contributed by atoms with Crippen molar-refractivity contribution in [3.05, 3.63) is 35.4 Å². The van der Waals surface area contributed by atoms with E-state index in [4.69, 9.17) is 30.3 Å². The number of carboxylic acids is 2. The van der Waals surface area contributed by atoms with Gasteiger partial charge in [0.15, 0.2) is 0 Å². The maximum absolute atomic E-state index is 10.9. The van der Waals surface area contributed by atoms with Crippen molar-refractivity contribution in [2.45, 2.75) is 0 Å². The molecule has 0 radical (unpaired) electrons. The maximum Gasteiger partial charge on any atom is 0.621 e. The lowest BCUT2D eigenvalue weighted by Gasteiger charge is -1.96. The number of benzene rings is 1. The lowest BCUT2D eigenvalue weighted by atomic mass is 10.1. The highest BCUT2D eigenvalue weighted by molar-refractivity contribution is 6.48. The van der Waals surface area contributed by atoms with Gasteiger partial charge < -0.3 is 34.9 Å². The summed E-state index contributed by atoms with van der Waals surface area (Å²) in [5.41, 5.74) is -0.0329. The maximum atomic E-state index is 10.9. The average Bonchev–Trinajstić information content (AvgIpc) is 2.37. The highest BCUT2D eigenvalue weighted by atomic mass is 16.7. The molecule has 0 aliphatic carbocycles. The Morgan fingerprint density at radius 1 is 0.810 bits per heavy atom. The van der Waals surface area contributed by atoms with Gasteiger partial charge in [0.2, 0.25) is 0 Å². The summed E-state index contributed by atoms with van der Waals surface area (Å²) in [6.45, 7) is 0. The van der Waals surface area contributed by atoms with Gasteiger partial charge in [0.05, 0.1) is 5.56 Å². The zero-order valence-corrected chi connectivity index (χ0v) is 10.3. The highest BCUT2D eigenvalue weighted by Gasteiger charge is 2.18. The molecule has 0 spiro atoms. The van der Waals surface area contributed by atoms with Crippen LogP contribution in [0.15, 0.2) is 24.3 Å². The van der Waals surface area contributed by atoms with Crippen LogP contribution >= 0.6 is 0 Å². The van der Waals surface area contributed by atoms with Gasteiger partial charge in [-0.1, -0.05) is 0 Å². The first-order chi connectivity index (χ1) is 9.65. The Morgan fingerprint density at radius 3 is 1.43 bits per heavy atom. The summed E-state index contributed by atoms with van der Waals surface area (Å²) < 4.78 is 3.47. The molecule has 0 bridgehead atoms. The molecular formula is C9H10B2O10. The molecule has 0 saturated heterocycles. The number of aliphatic carboxylic acids is 1. The summed E-state index contributed by atoms with van der Waals surface area (Å²) >= 11 is 0. The van der Waals surface area contributed by atoms with Crippen molar-refractivity contribution < 1.29 is 49.3 Å². The van der Waals surface area contributed by atoms with Crippen molar-refractivity contribution in [1.29, 1.82) is 0 Å². The first-order valence-corrected chi connectivity index (χ1v) is 5.14. The predicted molar refractivity (Wildman–Crippen MR) is 66.8 cm³/mol. The monoisotopic (exact) mass is 300 g/mol. The van der Waals surface area contributed by atoms with Crippen LogP contribution < -0.4 is 0 Å². The van der Waals surface area contributed by atoms with Crippen LogP contribution in [-0.2, 0) is 9.37 Å². The second-order valence-corrected chi connectivity index (χ2v) is 3.31. The molecular weight excluding hydrogens is 290 g/mol. The molecule has 112 valence electrons. The van der Waals surface area contributed by atoms with Crippen molar-refractivity contribution in [3.8, 4) is 0 Å². The fraction of sp³-hybridized carbons (Fsp3) is 0. The zero-order valence-electron chi connectivity index (χ0n) is 10.3. The van der Waals surface area contributed by atoms with Gasteiger partial charge in [0, 0.05) is 5.56 Å². The predicted octanol–water partition coefficient (Wildman–Crippen LogP) is -2.41. The first-order valence-electron chi connectivity index (χ1n) is 5.14. The van der Waals surface area contributed by atoms with E-state index in [-0.39, 0.29) is 11.1 Å². The number of rotatable bonds is 5. The highest BCUT2D eigenvalue weighted by Crippen LogP contribution is 2.05. The Balaban J connectivity index is 0.000000486. The molecule has 1 rings (SSSR count). The van der Waals surface area contributed by atoms with Gasteiger partial charge in [-0.25, -0.2) is 9.59 Å². The molecule has 0 heterocycles. The van der Waals surface area contributed by atoms with E-state index in [1.165, 1.54) is 24.3 Å². The summed E-state index contributed by atoms with van der Waals surface area (Å²) in [6.07, 6.45) is 0. The van der Waals surface area contributed by atoms with Crippen molar-refractivity contribution in [2.24, 2.45) is 0 Å². The molecule has 21 heavy (non-hydrogen) atoms. The van der Waals surface area contributed by atoms with Gasteiger partial charge in [0.25, 0.3) is 5.78 Å². The molecule has 0 aliphatic rings. The van der Waals surface area contributed by atoms with Crippen molar-refractivity contribution in [1.82, 2.24) is 0 Å². The van der Waals surface area contributed by atoms with E-state index >= 15 is 0 Å². The quantitative estimate of drug-likeness (QED) is 0.194. The van der Waals surface area contributed by atoms with Gasteiger partial charge in [-0.3, -0.25) is 4.79 Å². The van der Waals surface area contributed by atoms with Crippen LogP contribution in [0.5, 0.6) is 0 Å². The summed E-state index contributed by atoms with van der Waals surface area (Å²) in [7, 11) is -4.25. The Labute approximate surface area is 118 Å². The van der Waals surface area contributed by atoms with E-state index in [1.807, 2.05) is 0 Å². The molecule has 0 unspecified atom stereocenters. The second-order valence-electron chi connectivity index (χ2n) is 3.31. The molecule has 1 aromatic carbocycles. The normalized spacial score (nSPS) is 9.14. The van der Waals surface area contributed by atoms with Crippen molar-refractivity contribution >= 4 is 32.4 Å². The van der Waals surface area contributed by atoms with E-state index in [0.29, 0.717) is 0 Å². The lowest BCUT2D eigenvalue weighted by Crippen LogP contribution is -2.28. The van der Waals surface area contributed by atoms with E-state index in [1.54, 1.807) is 0 Å². The largest absolute Gasteiger partial charge is 0.621 e. The van der Waals surface area contributed by atoms with Crippen molar-refractivity contribution in [3.63, 3.8) is 0 Å². The molecule has 0 amide bonds. The number of aromatic carboxylic acids is 1. The summed E-state index contributed by atoms with van der Waals surface area (Å²) in [5.74, 6) is -3.74. The van der Waals surface area contributed by atoms with Gasteiger partial charge >= 0.3 is 26.6 Å². The zero-order chi connectivity index (χ0) is 16.6. The Kier molecular flexibility index (Phi) is 7.89. The number of carbonyl (C=O) groups excluding carboxylic acids is 1. The fourth-order valence-corrected chi connectivity index (χ4v) is 0.997. The third-order valence-corrected chi connectivity index (χ3v) is 1.83. The van der Waals surface area contributed by atoms with Gasteiger partial charge in [0.1, 0.15) is 0 Å². The third-order valence-electron chi connectivity index (χ3n) is 1.83. The molecule has 0 aromatic heterocycles. The molecule has 10 nitrogen and oxygen atoms in total. The van der Waals surface area contributed by atoms with Crippen LogP contribution in [0.25, 0.3) is 0 Å². The van der Waals surface area contributed by atoms with Gasteiger partial charge in [-0.2, -0.15) is 0 Å². The smallest absolute Gasteiger partial charge is 0.478 e. The summed E-state index contributed by atoms with van der Waals surface area (Å²) in [4.78, 5) is 31.5. The van der Waals surface area contributed by atoms with E-state index in [0.717, 1.165) is 0 Å². The van der Waals surface area contributed by atoms with E-state index < -0.39 is 32.4 Å². The number of hydrogen-bond donors (Lipinski definition) is 6. The summed E-state index contributed by atoms with van der Waals surface area (Å²) in [6, 6.07) is 4.69. The van der Waals surface area contributed by atoms with Crippen LogP contribution in [0.4, 0.5) is 0 Å². The SMILES string of the molecule is O=C(O)C(=O)c1ccc(C(=O)O)cc1.OB(O)OB(O)O.